The molecule has 0 bridgehead atoms. The van der Waals surface area contributed by atoms with E-state index in [9.17, 15) is 4.79 Å². The average molecular weight is 317 g/mol. The molecule has 5 heteroatoms. The summed E-state index contributed by atoms with van der Waals surface area (Å²) in [5.41, 5.74) is 7.69. The number of nitrogens with two attached hydrogens (primary N) is 1. The van der Waals surface area contributed by atoms with Crippen molar-refractivity contribution in [3.63, 3.8) is 0 Å². The van der Waals surface area contributed by atoms with Crippen LogP contribution in [0.3, 0.4) is 0 Å². The first-order chi connectivity index (χ1) is 8.04. The molecule has 1 atom stereocenters. The summed E-state index contributed by atoms with van der Waals surface area (Å²) >= 11 is 5.11. The van der Waals surface area contributed by atoms with Crippen LogP contribution in [0.5, 0.6) is 0 Å². The smallest absolute Gasteiger partial charge is 0.241 e. The Labute approximate surface area is 115 Å². The molecule has 1 amide bonds. The first kappa shape index (κ1) is 14.5. The third-order valence-electron chi connectivity index (χ3n) is 2.35. The van der Waals surface area contributed by atoms with Gasteiger partial charge in [0.05, 0.1) is 11.7 Å². The van der Waals surface area contributed by atoms with E-state index in [0.29, 0.717) is 6.42 Å². The van der Waals surface area contributed by atoms with Crippen molar-refractivity contribution in [3.05, 3.63) is 28.2 Å². The first-order valence-electron chi connectivity index (χ1n) is 5.36. The molecule has 0 saturated carbocycles. The Hall–Kier alpha value is -0.520. The van der Waals surface area contributed by atoms with Crippen LogP contribution in [0.25, 0.3) is 0 Å². The van der Waals surface area contributed by atoms with Gasteiger partial charge in [-0.15, -0.1) is 0 Å². The van der Waals surface area contributed by atoms with Crippen molar-refractivity contribution >= 4 is 39.3 Å². The molecule has 17 heavy (non-hydrogen) atoms. The van der Waals surface area contributed by atoms with Crippen LogP contribution in [0.4, 0.5) is 5.69 Å². The van der Waals surface area contributed by atoms with Crippen molar-refractivity contribution in [2.45, 2.75) is 19.4 Å². The van der Waals surface area contributed by atoms with Gasteiger partial charge < -0.3 is 11.1 Å². The van der Waals surface area contributed by atoms with Gasteiger partial charge in [-0.05, 0) is 59.0 Å². The molecule has 0 fully saturated rings. The molecule has 94 valence electrons. The largest absolute Gasteiger partial charge is 0.324 e. The third kappa shape index (κ3) is 4.69. The van der Waals surface area contributed by atoms with Gasteiger partial charge in [-0.2, -0.15) is 11.8 Å². The molecule has 0 aromatic heterocycles. The van der Waals surface area contributed by atoms with E-state index in [1.54, 1.807) is 11.8 Å². The van der Waals surface area contributed by atoms with Crippen molar-refractivity contribution in [2.24, 2.45) is 5.73 Å². The van der Waals surface area contributed by atoms with E-state index in [4.69, 9.17) is 5.73 Å². The quantitative estimate of drug-likeness (QED) is 0.878. The number of carbonyl (C=O) groups excluding carboxylic acids is 1. The predicted octanol–water partition coefficient (Wildman–Crippen LogP) is 2.78. The Morgan fingerprint density at radius 1 is 1.59 bits per heavy atom. The molecule has 0 unspecified atom stereocenters. The highest BCUT2D eigenvalue weighted by Gasteiger charge is 2.14. The van der Waals surface area contributed by atoms with E-state index >= 15 is 0 Å². The maximum absolute atomic E-state index is 11.8. The van der Waals surface area contributed by atoms with Gasteiger partial charge in [0.15, 0.2) is 0 Å². The van der Waals surface area contributed by atoms with Crippen LogP contribution < -0.4 is 11.1 Å². The first-order valence-corrected chi connectivity index (χ1v) is 7.55. The summed E-state index contributed by atoms with van der Waals surface area (Å²) < 4.78 is 0.878. The van der Waals surface area contributed by atoms with E-state index in [-0.39, 0.29) is 5.91 Å². The van der Waals surface area contributed by atoms with Crippen LogP contribution in [0.2, 0.25) is 0 Å². The molecule has 1 rings (SSSR count). The van der Waals surface area contributed by atoms with E-state index in [1.165, 1.54) is 0 Å². The number of amides is 1. The van der Waals surface area contributed by atoms with Crippen molar-refractivity contribution in [1.29, 1.82) is 0 Å². The van der Waals surface area contributed by atoms with Crippen molar-refractivity contribution < 1.29 is 4.79 Å². The zero-order valence-corrected chi connectivity index (χ0v) is 12.4. The average Bonchev–Trinajstić information content (AvgIpc) is 2.29. The minimum absolute atomic E-state index is 0.136. The fourth-order valence-electron chi connectivity index (χ4n) is 1.32. The monoisotopic (exact) mass is 316 g/mol. The molecule has 3 nitrogen and oxygen atoms in total. The maximum atomic E-state index is 11.8. The molecule has 0 saturated heterocycles. The molecule has 1 aromatic rings. The van der Waals surface area contributed by atoms with Crippen molar-refractivity contribution in [1.82, 2.24) is 0 Å². The summed E-state index contributed by atoms with van der Waals surface area (Å²) in [5, 5.41) is 2.83. The van der Waals surface area contributed by atoms with E-state index < -0.39 is 6.04 Å². The van der Waals surface area contributed by atoms with Gasteiger partial charge in [0.2, 0.25) is 5.91 Å². The second kappa shape index (κ2) is 7.03. The second-order valence-corrected chi connectivity index (χ2v) is 5.70. The van der Waals surface area contributed by atoms with Gasteiger partial charge in [0.1, 0.15) is 0 Å². The van der Waals surface area contributed by atoms with Gasteiger partial charge in [-0.3, -0.25) is 4.79 Å². The van der Waals surface area contributed by atoms with Crippen LogP contribution in [0, 0.1) is 6.92 Å². The SMILES string of the molecule is CSCC[C@H](N)C(=O)Nc1ccc(C)cc1Br. The summed E-state index contributed by atoms with van der Waals surface area (Å²) in [4.78, 5) is 11.8. The van der Waals surface area contributed by atoms with Gasteiger partial charge >= 0.3 is 0 Å². The summed E-state index contributed by atoms with van der Waals surface area (Å²) in [6, 6.07) is 5.34. The normalized spacial score (nSPS) is 12.2. The number of aryl methyl sites for hydroxylation is 1. The van der Waals surface area contributed by atoms with Crippen LogP contribution in [0.1, 0.15) is 12.0 Å². The highest BCUT2D eigenvalue weighted by atomic mass is 79.9. The zero-order chi connectivity index (χ0) is 12.8. The van der Waals surface area contributed by atoms with Gasteiger partial charge in [0, 0.05) is 4.47 Å². The standard InChI is InChI=1S/C12H17BrN2OS/c1-8-3-4-11(9(13)7-8)15-12(16)10(14)5-6-17-2/h3-4,7,10H,5-6,14H2,1-2H3,(H,15,16)/t10-/m0/s1. The number of hydrogen-bond acceptors (Lipinski definition) is 3. The van der Waals surface area contributed by atoms with Gasteiger partial charge in [0.25, 0.3) is 0 Å². The number of nitrogens with one attached hydrogen (secondary N) is 1. The Morgan fingerprint density at radius 3 is 2.88 bits per heavy atom. The lowest BCUT2D eigenvalue weighted by molar-refractivity contribution is -0.117. The molecule has 1 aromatic carbocycles. The molecule has 3 N–H and O–H groups in total. The van der Waals surface area contributed by atoms with Gasteiger partial charge in [-0.25, -0.2) is 0 Å². The van der Waals surface area contributed by atoms with E-state index in [1.807, 2.05) is 31.4 Å². The Balaban J connectivity index is 2.61. The number of thioether (sulfide) groups is 1. The zero-order valence-electron chi connectivity index (χ0n) is 10.00. The minimum atomic E-state index is -0.448. The Morgan fingerprint density at radius 2 is 2.29 bits per heavy atom. The van der Waals surface area contributed by atoms with Crippen LogP contribution in [-0.2, 0) is 4.79 Å². The maximum Gasteiger partial charge on any atom is 0.241 e. The molecule has 0 radical (unpaired) electrons. The second-order valence-electron chi connectivity index (χ2n) is 3.86. The molecule has 0 aliphatic carbocycles. The topological polar surface area (TPSA) is 55.1 Å². The number of anilines is 1. The van der Waals surface area contributed by atoms with Crippen LogP contribution in [-0.4, -0.2) is 24.0 Å². The van der Waals surface area contributed by atoms with E-state index in [0.717, 1.165) is 21.5 Å². The summed E-state index contributed by atoms with van der Waals surface area (Å²) in [6.07, 6.45) is 2.69. The summed E-state index contributed by atoms with van der Waals surface area (Å²) in [6.45, 7) is 2.00. The molecular weight excluding hydrogens is 300 g/mol. The van der Waals surface area contributed by atoms with Crippen LogP contribution in [0.15, 0.2) is 22.7 Å². The highest BCUT2D eigenvalue weighted by molar-refractivity contribution is 9.10. The molecule has 0 spiro atoms. The summed E-state index contributed by atoms with van der Waals surface area (Å²) in [5.74, 6) is 0.757. The number of hydrogen-bond donors (Lipinski definition) is 2. The lowest BCUT2D eigenvalue weighted by atomic mass is 10.2. The van der Waals surface area contributed by atoms with Crippen LogP contribution >= 0.6 is 27.7 Å². The van der Waals surface area contributed by atoms with Crippen molar-refractivity contribution in [3.8, 4) is 0 Å². The van der Waals surface area contributed by atoms with E-state index in [2.05, 4.69) is 21.2 Å². The minimum Gasteiger partial charge on any atom is -0.324 e. The van der Waals surface area contributed by atoms with Crippen molar-refractivity contribution in [2.75, 3.05) is 17.3 Å². The lowest BCUT2D eigenvalue weighted by Gasteiger charge is -2.13. The molecular formula is C12H17BrN2OS. The molecule has 0 aliphatic heterocycles. The Kier molecular flexibility index (Phi) is 6.02. The van der Waals surface area contributed by atoms with Gasteiger partial charge in [-0.1, -0.05) is 6.07 Å². The Bertz CT molecular complexity index is 398. The lowest BCUT2D eigenvalue weighted by Crippen LogP contribution is -2.36. The number of carbonyl (C=O) groups is 1. The highest BCUT2D eigenvalue weighted by Crippen LogP contribution is 2.23. The number of benzene rings is 1. The summed E-state index contributed by atoms with van der Waals surface area (Å²) in [7, 11) is 0. The fourth-order valence-corrected chi connectivity index (χ4v) is 2.40. The number of rotatable bonds is 5. The third-order valence-corrected chi connectivity index (χ3v) is 3.65. The fraction of sp³-hybridized carbons (Fsp3) is 0.417. The predicted molar refractivity (Wildman–Crippen MR) is 78.5 cm³/mol. The molecule has 0 heterocycles. The number of halogens is 1. The molecule has 0 aliphatic rings.